The Labute approximate surface area is 220 Å². The summed E-state index contributed by atoms with van der Waals surface area (Å²) in [7, 11) is 0. The summed E-state index contributed by atoms with van der Waals surface area (Å²) in [5.74, 6) is -58.9. The van der Waals surface area contributed by atoms with Gasteiger partial charge in [0.2, 0.25) is 0 Å². The van der Waals surface area contributed by atoms with Crippen molar-refractivity contribution in [2.45, 2.75) is 105 Å². The number of halogens is 17. The fourth-order valence-corrected chi connectivity index (χ4v) is 4.14. The molecule has 1 atom stereocenters. The largest absolute Gasteiger partial charge is 0.465 e. The zero-order valence-corrected chi connectivity index (χ0v) is 21.2. The topological polar surface area (TPSA) is 26.3 Å². The number of rotatable bonds is 17. The minimum atomic E-state index is -8.65. The van der Waals surface area contributed by atoms with Gasteiger partial charge in [-0.05, 0) is 13.3 Å². The summed E-state index contributed by atoms with van der Waals surface area (Å²) >= 11 is 0.0920. The Kier molecular flexibility index (Phi) is 12.4. The molecule has 20 heteroatoms. The molecular weight excluding hydrogens is 627 g/mol. The van der Waals surface area contributed by atoms with Crippen LogP contribution in [0.25, 0.3) is 0 Å². The molecule has 0 aliphatic heterocycles. The molecule has 0 aromatic carbocycles. The van der Waals surface area contributed by atoms with E-state index in [1.807, 2.05) is 0 Å². The third-order valence-electron chi connectivity index (χ3n) is 5.39. The summed E-state index contributed by atoms with van der Waals surface area (Å²) in [6, 6.07) is 0. The highest BCUT2D eigenvalue weighted by Crippen LogP contribution is 2.64. The van der Waals surface area contributed by atoms with Crippen LogP contribution in [0.4, 0.5) is 74.6 Å². The van der Waals surface area contributed by atoms with Crippen LogP contribution in [0.3, 0.4) is 0 Å². The van der Waals surface area contributed by atoms with Crippen LogP contribution in [0.2, 0.25) is 0 Å². The molecule has 0 aromatic heterocycles. The molecule has 0 aliphatic carbocycles. The van der Waals surface area contributed by atoms with Crippen LogP contribution >= 0.6 is 11.8 Å². The van der Waals surface area contributed by atoms with Gasteiger partial charge in [0, 0.05) is 12.2 Å². The Bertz CT molecular complexity index is 826. The minimum absolute atomic E-state index is 0.0920. The van der Waals surface area contributed by atoms with Crippen molar-refractivity contribution in [1.29, 1.82) is 0 Å². The predicted molar refractivity (Wildman–Crippen MR) is 107 cm³/mol. The number of carbonyl (C=O) groups is 1. The fourth-order valence-electron chi connectivity index (χ4n) is 2.94. The van der Waals surface area contributed by atoms with Crippen LogP contribution in [0.1, 0.15) is 52.4 Å². The van der Waals surface area contributed by atoms with Gasteiger partial charge in [0.05, 0.1) is 6.61 Å². The Morgan fingerprint density at radius 3 is 1.45 bits per heavy atom. The molecule has 0 bridgehead atoms. The lowest BCUT2D eigenvalue weighted by Gasteiger charge is -2.42. The van der Waals surface area contributed by atoms with E-state index in [4.69, 9.17) is 0 Å². The van der Waals surface area contributed by atoms with Crippen LogP contribution < -0.4 is 0 Å². The second-order valence-electron chi connectivity index (χ2n) is 8.36. The van der Waals surface area contributed by atoms with Gasteiger partial charge in [0.1, 0.15) is 5.25 Å². The second-order valence-corrected chi connectivity index (χ2v) is 9.67. The number of ether oxygens (including phenoxy) is 1. The third-order valence-corrected chi connectivity index (χ3v) is 6.66. The maximum Gasteiger partial charge on any atom is 0.460 e. The van der Waals surface area contributed by atoms with Crippen LogP contribution in [0.15, 0.2) is 0 Å². The van der Waals surface area contributed by atoms with Gasteiger partial charge >= 0.3 is 53.6 Å². The first-order valence-corrected chi connectivity index (χ1v) is 12.2. The van der Waals surface area contributed by atoms with E-state index in [1.54, 1.807) is 6.92 Å². The molecule has 1 unspecified atom stereocenters. The molecule has 0 N–H and O–H groups in total. The standard InChI is InChI=1S/C20H23F17O2S/c1-3-5-6-7-8-11(12(38)39-4-2)40-10-9-13(21,22)14(23,24)15(25,26)16(27,28)17(29,30)18(31,32)19(33,34)20(35,36)37/h11H,3-10H2,1-2H3. The van der Waals surface area contributed by atoms with Gasteiger partial charge in [-0.25, -0.2) is 0 Å². The number of unbranched alkanes of at least 4 members (excludes halogenated alkanes) is 3. The number of hydrogen-bond acceptors (Lipinski definition) is 3. The predicted octanol–water partition coefficient (Wildman–Crippen LogP) is 9.02. The van der Waals surface area contributed by atoms with E-state index in [0.29, 0.717) is 19.3 Å². The van der Waals surface area contributed by atoms with Crippen molar-refractivity contribution in [3.8, 4) is 0 Å². The zero-order chi connectivity index (χ0) is 32.2. The quantitative estimate of drug-likeness (QED) is 0.0894. The average molecular weight is 650 g/mol. The first kappa shape index (κ1) is 38.6. The lowest BCUT2D eigenvalue weighted by atomic mass is 9.88. The molecule has 2 nitrogen and oxygen atoms in total. The van der Waals surface area contributed by atoms with Crippen LogP contribution in [0.5, 0.6) is 0 Å². The molecule has 240 valence electrons. The number of esters is 1. The Hall–Kier alpha value is -1.37. The molecule has 0 rings (SSSR count). The molecule has 0 fully saturated rings. The summed E-state index contributed by atoms with van der Waals surface area (Å²) in [6.45, 7) is 2.86. The number of alkyl halides is 17. The highest BCUT2D eigenvalue weighted by atomic mass is 32.2. The molecule has 40 heavy (non-hydrogen) atoms. The lowest BCUT2D eigenvalue weighted by molar-refractivity contribution is -0.461. The van der Waals surface area contributed by atoms with E-state index >= 15 is 0 Å². The summed E-state index contributed by atoms with van der Waals surface area (Å²) in [6.07, 6.45) is -8.39. The van der Waals surface area contributed by atoms with E-state index < -0.39 is 71.0 Å². The van der Waals surface area contributed by atoms with E-state index in [-0.39, 0.29) is 31.2 Å². The summed E-state index contributed by atoms with van der Waals surface area (Å²) in [5.41, 5.74) is 0. The summed E-state index contributed by atoms with van der Waals surface area (Å²) < 4.78 is 231. The van der Waals surface area contributed by atoms with Gasteiger partial charge in [-0.1, -0.05) is 32.6 Å². The van der Waals surface area contributed by atoms with Gasteiger partial charge < -0.3 is 4.74 Å². The van der Waals surface area contributed by atoms with Crippen molar-refractivity contribution in [3.63, 3.8) is 0 Å². The maximum atomic E-state index is 14.0. The van der Waals surface area contributed by atoms with Crippen LogP contribution in [0, 0.1) is 0 Å². The molecule has 0 saturated heterocycles. The Morgan fingerprint density at radius 2 is 1.05 bits per heavy atom. The first-order valence-electron chi connectivity index (χ1n) is 11.1. The van der Waals surface area contributed by atoms with E-state index in [1.165, 1.54) is 6.92 Å². The van der Waals surface area contributed by atoms with Crippen molar-refractivity contribution in [3.05, 3.63) is 0 Å². The van der Waals surface area contributed by atoms with Gasteiger partial charge in [-0.15, -0.1) is 11.8 Å². The Morgan fingerprint density at radius 1 is 0.625 bits per heavy atom. The molecule has 0 amide bonds. The van der Waals surface area contributed by atoms with Crippen molar-refractivity contribution >= 4 is 17.7 Å². The van der Waals surface area contributed by atoms with Crippen molar-refractivity contribution < 1.29 is 84.2 Å². The normalized spacial score (nSPS) is 15.8. The second kappa shape index (κ2) is 12.9. The molecule has 0 radical (unpaired) electrons. The number of carbonyl (C=O) groups excluding carboxylic acids is 1. The number of hydrogen-bond donors (Lipinski definition) is 0. The van der Waals surface area contributed by atoms with Gasteiger partial charge in [-0.2, -0.15) is 74.6 Å². The minimum Gasteiger partial charge on any atom is -0.465 e. The van der Waals surface area contributed by atoms with E-state index in [2.05, 4.69) is 4.74 Å². The average Bonchev–Trinajstić information content (AvgIpc) is 2.79. The molecule has 0 aromatic rings. The highest BCUT2D eigenvalue weighted by Gasteiger charge is 2.95. The van der Waals surface area contributed by atoms with Gasteiger partial charge in [0.25, 0.3) is 0 Å². The molecule has 0 aliphatic rings. The summed E-state index contributed by atoms with van der Waals surface area (Å²) in [4.78, 5) is 11.9. The lowest BCUT2D eigenvalue weighted by Crippen LogP contribution is -2.74. The molecule has 0 heterocycles. The fraction of sp³-hybridized carbons (Fsp3) is 0.950. The van der Waals surface area contributed by atoms with Crippen LogP contribution in [-0.2, 0) is 9.53 Å². The van der Waals surface area contributed by atoms with Crippen LogP contribution in [-0.4, -0.2) is 71.2 Å². The monoisotopic (exact) mass is 650 g/mol. The molecular formula is C20H23F17O2S. The maximum absolute atomic E-state index is 14.0. The molecule has 0 saturated carbocycles. The van der Waals surface area contributed by atoms with Crippen molar-refractivity contribution in [1.82, 2.24) is 0 Å². The van der Waals surface area contributed by atoms with E-state index in [0.717, 1.165) is 0 Å². The summed E-state index contributed by atoms with van der Waals surface area (Å²) in [5, 5.41) is -1.36. The smallest absolute Gasteiger partial charge is 0.460 e. The highest BCUT2D eigenvalue weighted by molar-refractivity contribution is 8.00. The zero-order valence-electron chi connectivity index (χ0n) is 20.4. The molecule has 0 spiro atoms. The van der Waals surface area contributed by atoms with E-state index in [9.17, 15) is 79.4 Å². The van der Waals surface area contributed by atoms with Crippen molar-refractivity contribution in [2.24, 2.45) is 0 Å². The first-order chi connectivity index (χ1) is 17.7. The van der Waals surface area contributed by atoms with Gasteiger partial charge in [-0.3, -0.25) is 4.79 Å². The van der Waals surface area contributed by atoms with Crippen molar-refractivity contribution in [2.75, 3.05) is 12.4 Å². The Balaban J connectivity index is 6.11. The number of thioether (sulfide) groups is 1. The van der Waals surface area contributed by atoms with Gasteiger partial charge in [0.15, 0.2) is 0 Å². The third kappa shape index (κ3) is 6.98. The SMILES string of the molecule is CCCCCCC(SCCC(F)(F)C(F)(F)C(F)(F)C(F)(F)C(F)(F)C(F)(F)C(F)(F)C(F)(F)F)C(=O)OCC.